The summed E-state index contributed by atoms with van der Waals surface area (Å²) in [5.41, 5.74) is 1.28. The molecule has 2 amide bonds. The zero-order valence-corrected chi connectivity index (χ0v) is 16.2. The summed E-state index contributed by atoms with van der Waals surface area (Å²) in [5.74, 6) is -0.312. The summed E-state index contributed by atoms with van der Waals surface area (Å²) in [4.78, 5) is 25.4. The average Bonchev–Trinajstić information content (AvgIpc) is 2.60. The third-order valence-corrected chi connectivity index (χ3v) is 4.15. The zero-order chi connectivity index (χ0) is 19.9. The van der Waals surface area contributed by atoms with Crippen LogP contribution in [0, 0.1) is 11.3 Å². The van der Waals surface area contributed by atoms with Gasteiger partial charge in [-0.15, -0.1) is 0 Å². The van der Waals surface area contributed by atoms with Crippen LogP contribution >= 0.6 is 0 Å². The Bertz CT molecular complexity index is 689. The van der Waals surface area contributed by atoms with Crippen molar-refractivity contribution in [1.29, 1.82) is 5.26 Å². The van der Waals surface area contributed by atoms with Gasteiger partial charge in [-0.25, -0.2) is 4.79 Å². The number of piperidine rings is 1. The molecular formula is C20H28N4O3. The molecule has 1 heterocycles. The lowest BCUT2D eigenvalue weighted by atomic mass is 10.1. The first-order chi connectivity index (χ1) is 12.8. The van der Waals surface area contributed by atoms with Crippen molar-refractivity contribution in [2.75, 3.05) is 18.4 Å². The SMILES string of the molecule is CC(C)(C)OC(=O)N1CCCC(NCc2ccc(NC(=O)CC#N)cc2)C1. The number of nitriles is 1. The average molecular weight is 372 g/mol. The van der Waals surface area contributed by atoms with Crippen molar-refractivity contribution >= 4 is 17.7 Å². The Morgan fingerprint density at radius 1 is 1.30 bits per heavy atom. The largest absolute Gasteiger partial charge is 0.444 e. The Morgan fingerprint density at radius 2 is 2.00 bits per heavy atom. The normalized spacial score (nSPS) is 17.1. The van der Waals surface area contributed by atoms with Crippen LogP contribution in [0.4, 0.5) is 10.5 Å². The van der Waals surface area contributed by atoms with Gasteiger partial charge in [-0.1, -0.05) is 12.1 Å². The first-order valence-corrected chi connectivity index (χ1v) is 9.24. The van der Waals surface area contributed by atoms with Crippen LogP contribution in [-0.2, 0) is 16.1 Å². The Morgan fingerprint density at radius 3 is 2.63 bits per heavy atom. The summed E-state index contributed by atoms with van der Waals surface area (Å²) in [6.07, 6.45) is 1.55. The molecule has 146 valence electrons. The summed E-state index contributed by atoms with van der Waals surface area (Å²) in [5, 5.41) is 14.7. The van der Waals surface area contributed by atoms with Gasteiger partial charge in [-0.2, -0.15) is 5.26 Å². The van der Waals surface area contributed by atoms with Crippen LogP contribution in [0.2, 0.25) is 0 Å². The highest BCUT2D eigenvalue weighted by atomic mass is 16.6. The molecule has 7 heteroatoms. The second kappa shape index (κ2) is 9.38. The molecule has 1 unspecified atom stereocenters. The van der Waals surface area contributed by atoms with Crippen LogP contribution in [0.1, 0.15) is 45.6 Å². The number of likely N-dealkylation sites (tertiary alicyclic amines) is 1. The van der Waals surface area contributed by atoms with Crippen molar-refractivity contribution in [3.8, 4) is 6.07 Å². The molecule has 7 nitrogen and oxygen atoms in total. The molecule has 2 rings (SSSR count). The number of carbonyl (C=O) groups excluding carboxylic acids is 2. The molecule has 1 aromatic rings. The second-order valence-electron chi connectivity index (χ2n) is 7.73. The minimum atomic E-state index is -0.484. The topological polar surface area (TPSA) is 94.5 Å². The van der Waals surface area contributed by atoms with Crippen molar-refractivity contribution in [2.24, 2.45) is 0 Å². The zero-order valence-electron chi connectivity index (χ0n) is 16.2. The van der Waals surface area contributed by atoms with Crippen LogP contribution in [0.5, 0.6) is 0 Å². The van der Waals surface area contributed by atoms with Crippen LogP contribution in [-0.4, -0.2) is 41.6 Å². The monoisotopic (exact) mass is 372 g/mol. The lowest BCUT2D eigenvalue weighted by Crippen LogP contribution is -2.49. The molecule has 1 atom stereocenters. The van der Waals surface area contributed by atoms with Crippen molar-refractivity contribution < 1.29 is 14.3 Å². The molecule has 1 aromatic carbocycles. The highest BCUT2D eigenvalue weighted by molar-refractivity contribution is 5.91. The molecular weight excluding hydrogens is 344 g/mol. The van der Waals surface area contributed by atoms with Gasteiger partial charge in [0, 0.05) is 31.4 Å². The van der Waals surface area contributed by atoms with E-state index in [9.17, 15) is 9.59 Å². The van der Waals surface area contributed by atoms with Gasteiger partial charge in [-0.3, -0.25) is 4.79 Å². The van der Waals surface area contributed by atoms with Gasteiger partial charge in [0.2, 0.25) is 5.91 Å². The smallest absolute Gasteiger partial charge is 0.410 e. The maximum Gasteiger partial charge on any atom is 0.410 e. The first kappa shape index (κ1) is 20.7. The van der Waals surface area contributed by atoms with Gasteiger partial charge in [0.1, 0.15) is 12.0 Å². The third kappa shape index (κ3) is 7.27. The van der Waals surface area contributed by atoms with Crippen LogP contribution < -0.4 is 10.6 Å². The highest BCUT2D eigenvalue weighted by Gasteiger charge is 2.27. The summed E-state index contributed by atoms with van der Waals surface area (Å²) in [7, 11) is 0. The Balaban J connectivity index is 1.81. The first-order valence-electron chi connectivity index (χ1n) is 9.24. The Kier molecular flexibility index (Phi) is 7.19. The molecule has 0 spiro atoms. The number of rotatable bonds is 5. The van der Waals surface area contributed by atoms with E-state index in [0.29, 0.717) is 18.8 Å². The third-order valence-electron chi connectivity index (χ3n) is 4.15. The van der Waals surface area contributed by atoms with Crippen LogP contribution in [0.25, 0.3) is 0 Å². The molecule has 1 fully saturated rings. The van der Waals surface area contributed by atoms with Gasteiger partial charge in [0.05, 0.1) is 6.07 Å². The summed E-state index contributed by atoms with van der Waals surface area (Å²) >= 11 is 0. The number of amides is 2. The molecule has 1 aliphatic rings. The van der Waals surface area contributed by atoms with E-state index >= 15 is 0 Å². The minimum Gasteiger partial charge on any atom is -0.444 e. The van der Waals surface area contributed by atoms with E-state index in [1.807, 2.05) is 51.1 Å². The van der Waals surface area contributed by atoms with Crippen molar-refractivity contribution in [1.82, 2.24) is 10.2 Å². The number of carbonyl (C=O) groups is 2. The second-order valence-corrected chi connectivity index (χ2v) is 7.73. The van der Waals surface area contributed by atoms with E-state index in [0.717, 1.165) is 24.9 Å². The quantitative estimate of drug-likeness (QED) is 0.828. The number of nitrogens with one attached hydrogen (secondary N) is 2. The molecule has 0 bridgehead atoms. The van der Waals surface area contributed by atoms with E-state index in [1.54, 1.807) is 4.90 Å². The number of ether oxygens (including phenoxy) is 1. The fraction of sp³-hybridized carbons (Fsp3) is 0.550. The van der Waals surface area contributed by atoms with E-state index in [4.69, 9.17) is 10.00 Å². The van der Waals surface area contributed by atoms with E-state index in [2.05, 4.69) is 10.6 Å². The number of nitrogens with zero attached hydrogens (tertiary/aromatic N) is 2. The number of benzene rings is 1. The maximum atomic E-state index is 12.2. The predicted molar refractivity (Wildman–Crippen MR) is 103 cm³/mol. The van der Waals surface area contributed by atoms with Gasteiger partial charge in [-0.05, 0) is 51.3 Å². The molecule has 1 aliphatic heterocycles. The Hall–Kier alpha value is -2.59. The number of anilines is 1. The van der Waals surface area contributed by atoms with E-state index in [-0.39, 0.29) is 24.5 Å². The summed E-state index contributed by atoms with van der Waals surface area (Å²) in [6, 6.07) is 9.55. The summed E-state index contributed by atoms with van der Waals surface area (Å²) < 4.78 is 5.46. The van der Waals surface area contributed by atoms with Gasteiger partial charge in [0.25, 0.3) is 0 Å². The van der Waals surface area contributed by atoms with Gasteiger partial charge in [0.15, 0.2) is 0 Å². The van der Waals surface area contributed by atoms with Crippen LogP contribution in [0.3, 0.4) is 0 Å². The predicted octanol–water partition coefficient (Wildman–Crippen LogP) is 3.03. The molecule has 0 radical (unpaired) electrons. The van der Waals surface area contributed by atoms with E-state index < -0.39 is 5.60 Å². The van der Waals surface area contributed by atoms with Crippen molar-refractivity contribution in [3.05, 3.63) is 29.8 Å². The molecule has 0 aliphatic carbocycles. The molecule has 0 aromatic heterocycles. The number of hydrogen-bond donors (Lipinski definition) is 2. The summed E-state index contributed by atoms with van der Waals surface area (Å²) in [6.45, 7) is 7.66. The van der Waals surface area contributed by atoms with Crippen LogP contribution in [0.15, 0.2) is 24.3 Å². The lowest BCUT2D eigenvalue weighted by molar-refractivity contribution is -0.115. The van der Waals surface area contributed by atoms with Crippen molar-refractivity contribution in [3.63, 3.8) is 0 Å². The molecule has 0 saturated carbocycles. The fourth-order valence-electron chi connectivity index (χ4n) is 2.88. The highest BCUT2D eigenvalue weighted by Crippen LogP contribution is 2.16. The van der Waals surface area contributed by atoms with Gasteiger partial charge < -0.3 is 20.3 Å². The van der Waals surface area contributed by atoms with Gasteiger partial charge >= 0.3 is 6.09 Å². The fourth-order valence-corrected chi connectivity index (χ4v) is 2.88. The number of hydrogen-bond acceptors (Lipinski definition) is 5. The molecule has 2 N–H and O–H groups in total. The van der Waals surface area contributed by atoms with E-state index in [1.165, 1.54) is 0 Å². The minimum absolute atomic E-state index is 0.154. The molecule has 27 heavy (non-hydrogen) atoms. The van der Waals surface area contributed by atoms with Crippen molar-refractivity contribution in [2.45, 2.75) is 58.2 Å². The standard InChI is InChI=1S/C20H28N4O3/c1-20(2,3)27-19(26)24-12-4-5-17(14-24)22-13-15-6-8-16(9-7-15)23-18(25)10-11-21/h6-9,17,22H,4-5,10,12-14H2,1-3H3,(H,23,25). The Labute approximate surface area is 160 Å². The lowest BCUT2D eigenvalue weighted by Gasteiger charge is -2.34. The maximum absolute atomic E-state index is 12.2. The molecule has 1 saturated heterocycles.